The minimum Gasteiger partial charge on any atom is -0.493 e. The van der Waals surface area contributed by atoms with E-state index >= 15 is 0 Å². The molecular formula is C27H34F3NO5. The number of hydrogen-bond acceptors (Lipinski definition) is 6. The Balaban J connectivity index is 1.28. The summed E-state index contributed by atoms with van der Waals surface area (Å²) < 4.78 is 62.2. The molecule has 36 heavy (non-hydrogen) atoms. The number of benzene rings is 2. The number of likely N-dealkylation sites (tertiary alicyclic amines) is 1. The Morgan fingerprint density at radius 2 is 1.81 bits per heavy atom. The van der Waals surface area contributed by atoms with Gasteiger partial charge in [0.05, 0.1) is 38.6 Å². The van der Waals surface area contributed by atoms with Crippen LogP contribution in [-0.4, -0.2) is 63.7 Å². The van der Waals surface area contributed by atoms with Crippen LogP contribution in [0.3, 0.4) is 0 Å². The van der Waals surface area contributed by atoms with Crippen LogP contribution in [0.5, 0.6) is 11.5 Å². The number of aliphatic hydroxyl groups is 1. The average Bonchev–Trinajstić information content (AvgIpc) is 3.08. The van der Waals surface area contributed by atoms with Crippen LogP contribution in [0.15, 0.2) is 36.4 Å². The molecule has 2 aromatic rings. The highest BCUT2D eigenvalue weighted by Gasteiger charge is 2.37. The predicted octanol–water partition coefficient (Wildman–Crippen LogP) is 4.73. The van der Waals surface area contributed by atoms with Crippen molar-refractivity contribution in [2.24, 2.45) is 0 Å². The molecule has 2 aliphatic rings. The second-order valence-corrected chi connectivity index (χ2v) is 9.40. The van der Waals surface area contributed by atoms with Crippen molar-refractivity contribution < 1.29 is 37.2 Å². The Labute approximate surface area is 209 Å². The molecule has 1 fully saturated rings. The van der Waals surface area contributed by atoms with Gasteiger partial charge < -0.3 is 29.0 Å². The lowest BCUT2D eigenvalue weighted by molar-refractivity contribution is -0.137. The normalized spacial score (nSPS) is 20.4. The molecule has 0 aliphatic carbocycles. The average molecular weight is 510 g/mol. The minimum absolute atomic E-state index is 0.199. The zero-order valence-electron chi connectivity index (χ0n) is 20.8. The number of piperidine rings is 1. The lowest BCUT2D eigenvalue weighted by Gasteiger charge is -2.38. The van der Waals surface area contributed by atoms with E-state index < -0.39 is 17.3 Å². The molecule has 0 bridgehead atoms. The minimum atomic E-state index is -4.43. The number of hydrogen-bond donors (Lipinski definition) is 1. The van der Waals surface area contributed by atoms with Crippen LogP contribution in [0.4, 0.5) is 13.2 Å². The molecule has 1 N–H and O–H groups in total. The molecule has 0 saturated carbocycles. The molecule has 9 heteroatoms. The van der Waals surface area contributed by atoms with Crippen LogP contribution in [0.25, 0.3) is 0 Å². The molecule has 2 aliphatic heterocycles. The monoisotopic (exact) mass is 509 g/mol. The van der Waals surface area contributed by atoms with Crippen LogP contribution in [0, 0.1) is 0 Å². The van der Waals surface area contributed by atoms with E-state index in [9.17, 15) is 18.3 Å². The molecule has 1 atom stereocenters. The third-order valence-electron chi connectivity index (χ3n) is 7.13. The first-order valence-corrected chi connectivity index (χ1v) is 12.3. The van der Waals surface area contributed by atoms with Gasteiger partial charge in [0.2, 0.25) is 0 Å². The van der Waals surface area contributed by atoms with E-state index in [-0.39, 0.29) is 6.10 Å². The summed E-state index contributed by atoms with van der Waals surface area (Å²) in [6, 6.07) is 9.00. The van der Waals surface area contributed by atoms with Crippen molar-refractivity contribution in [1.82, 2.24) is 4.90 Å². The largest absolute Gasteiger partial charge is 0.493 e. The molecule has 0 spiro atoms. The van der Waals surface area contributed by atoms with Crippen molar-refractivity contribution in [2.45, 2.75) is 43.6 Å². The highest BCUT2D eigenvalue weighted by atomic mass is 19.4. The van der Waals surface area contributed by atoms with Crippen LogP contribution < -0.4 is 9.47 Å². The first-order valence-electron chi connectivity index (χ1n) is 12.3. The summed E-state index contributed by atoms with van der Waals surface area (Å²) in [5.41, 5.74) is 0.557. The van der Waals surface area contributed by atoms with Gasteiger partial charge in [-0.25, -0.2) is 0 Å². The zero-order valence-corrected chi connectivity index (χ0v) is 20.8. The maximum atomic E-state index is 13.1. The standard InChI is InChI=1S/C27H34F3NO5/c1-33-23-15-19-5-4-13-36-25(22(19)17-24(23)34-2)18-35-14-12-31-10-8-26(32,9-11-31)20-6-3-7-21(16-20)27(28,29)30/h3,6-7,15-17,25,32H,4-5,8-14,18H2,1-2H3. The zero-order chi connectivity index (χ0) is 25.8. The molecule has 4 rings (SSSR count). The van der Waals surface area contributed by atoms with Gasteiger partial charge in [0, 0.05) is 26.2 Å². The van der Waals surface area contributed by atoms with Gasteiger partial charge in [-0.2, -0.15) is 13.2 Å². The van der Waals surface area contributed by atoms with Gasteiger partial charge in [0.25, 0.3) is 0 Å². The molecule has 198 valence electrons. The summed E-state index contributed by atoms with van der Waals surface area (Å²) in [6.45, 7) is 3.37. The van der Waals surface area contributed by atoms with Gasteiger partial charge >= 0.3 is 6.18 Å². The topological polar surface area (TPSA) is 60.4 Å². The second kappa shape index (κ2) is 11.4. The lowest BCUT2D eigenvalue weighted by atomic mass is 9.84. The number of aryl methyl sites for hydroxylation is 1. The number of halogens is 3. The van der Waals surface area contributed by atoms with Gasteiger partial charge in [0.15, 0.2) is 11.5 Å². The highest BCUT2D eigenvalue weighted by molar-refractivity contribution is 5.48. The molecule has 0 amide bonds. The second-order valence-electron chi connectivity index (χ2n) is 9.40. The molecule has 1 unspecified atom stereocenters. The molecule has 0 aromatic heterocycles. The number of rotatable bonds is 8. The van der Waals surface area contributed by atoms with E-state index in [2.05, 4.69) is 4.90 Å². The number of methoxy groups -OCH3 is 2. The fourth-order valence-electron chi connectivity index (χ4n) is 4.97. The van der Waals surface area contributed by atoms with Gasteiger partial charge in [-0.3, -0.25) is 0 Å². The van der Waals surface area contributed by atoms with E-state index in [4.69, 9.17) is 18.9 Å². The predicted molar refractivity (Wildman–Crippen MR) is 128 cm³/mol. The lowest BCUT2D eigenvalue weighted by Crippen LogP contribution is -2.43. The van der Waals surface area contributed by atoms with Gasteiger partial charge in [-0.1, -0.05) is 12.1 Å². The summed E-state index contributed by atoms with van der Waals surface area (Å²) in [7, 11) is 3.24. The van der Waals surface area contributed by atoms with Crippen molar-refractivity contribution in [3.63, 3.8) is 0 Å². The van der Waals surface area contributed by atoms with Gasteiger partial charge in [-0.15, -0.1) is 0 Å². The summed E-state index contributed by atoms with van der Waals surface area (Å²) in [4.78, 5) is 2.16. The maximum Gasteiger partial charge on any atom is 0.416 e. The number of nitrogens with zero attached hydrogens (tertiary/aromatic N) is 1. The first-order chi connectivity index (χ1) is 17.2. The Morgan fingerprint density at radius 1 is 1.08 bits per heavy atom. The summed E-state index contributed by atoms with van der Waals surface area (Å²) in [6.07, 6.45) is -2.07. The highest BCUT2D eigenvalue weighted by Crippen LogP contribution is 2.38. The van der Waals surface area contributed by atoms with Crippen molar-refractivity contribution >= 4 is 0 Å². The van der Waals surface area contributed by atoms with Crippen molar-refractivity contribution in [1.29, 1.82) is 0 Å². The van der Waals surface area contributed by atoms with E-state index in [1.165, 1.54) is 11.6 Å². The molecule has 1 saturated heterocycles. The smallest absolute Gasteiger partial charge is 0.416 e. The molecular weight excluding hydrogens is 475 g/mol. The first kappa shape index (κ1) is 26.7. The van der Waals surface area contributed by atoms with Gasteiger partial charge in [-0.05, 0) is 66.6 Å². The fourth-order valence-corrected chi connectivity index (χ4v) is 4.97. The molecule has 2 aromatic carbocycles. The van der Waals surface area contributed by atoms with Gasteiger partial charge in [0.1, 0.15) is 6.10 Å². The van der Waals surface area contributed by atoms with Crippen LogP contribution in [0.2, 0.25) is 0 Å². The van der Waals surface area contributed by atoms with Crippen LogP contribution in [-0.2, 0) is 27.7 Å². The van der Waals surface area contributed by atoms with Crippen LogP contribution in [0.1, 0.15) is 47.6 Å². The molecule has 0 radical (unpaired) electrons. The number of fused-ring (bicyclic) bond motifs is 1. The van der Waals surface area contributed by atoms with E-state index in [1.807, 2.05) is 12.1 Å². The summed E-state index contributed by atoms with van der Waals surface area (Å²) in [5, 5.41) is 11.0. The fraction of sp³-hybridized carbons (Fsp3) is 0.556. The van der Waals surface area contributed by atoms with Crippen molar-refractivity contribution in [3.05, 3.63) is 58.7 Å². The summed E-state index contributed by atoms with van der Waals surface area (Å²) in [5.74, 6) is 1.36. The number of ether oxygens (including phenoxy) is 4. The van der Waals surface area contributed by atoms with Crippen molar-refractivity contribution in [3.8, 4) is 11.5 Å². The Kier molecular flexibility index (Phi) is 8.44. The Hall–Kier alpha value is -2.33. The molecule has 6 nitrogen and oxygen atoms in total. The van der Waals surface area contributed by atoms with E-state index in [1.54, 1.807) is 20.3 Å². The quantitative estimate of drug-likeness (QED) is 0.520. The third kappa shape index (κ3) is 6.14. The van der Waals surface area contributed by atoms with Crippen molar-refractivity contribution in [2.75, 3.05) is 53.7 Å². The Bertz CT molecular complexity index is 1020. The third-order valence-corrected chi connectivity index (χ3v) is 7.13. The molecule has 2 heterocycles. The van der Waals surface area contributed by atoms with E-state index in [0.29, 0.717) is 69.4 Å². The number of alkyl halides is 3. The maximum absolute atomic E-state index is 13.1. The summed E-state index contributed by atoms with van der Waals surface area (Å²) >= 11 is 0. The SMILES string of the molecule is COc1cc2c(cc1OC)C(COCCN1CCC(O)(c3cccc(C(F)(F)F)c3)CC1)OCCC2. The Morgan fingerprint density at radius 3 is 2.50 bits per heavy atom. The van der Waals surface area contributed by atoms with E-state index in [0.717, 1.165) is 30.5 Å². The van der Waals surface area contributed by atoms with Crippen LogP contribution >= 0.6 is 0 Å².